The highest BCUT2D eigenvalue weighted by Crippen LogP contribution is 2.49. The molecule has 1 saturated heterocycles. The van der Waals surface area contributed by atoms with Crippen molar-refractivity contribution in [3.8, 4) is 11.5 Å². The number of thiophene rings is 1. The summed E-state index contributed by atoms with van der Waals surface area (Å²) in [4.78, 5) is 0. The van der Waals surface area contributed by atoms with Gasteiger partial charge in [0.15, 0.2) is 11.5 Å². The summed E-state index contributed by atoms with van der Waals surface area (Å²) in [7, 11) is 3.80. The van der Waals surface area contributed by atoms with Gasteiger partial charge in [0.1, 0.15) is 4.34 Å². The lowest BCUT2D eigenvalue weighted by atomic mass is 9.96. The van der Waals surface area contributed by atoms with Gasteiger partial charge in [-0.05, 0) is 0 Å². The number of hydrogen-bond donors (Lipinski definition) is 0. The number of hydrogen-bond acceptors (Lipinski definition) is 5. The lowest BCUT2D eigenvalue weighted by Crippen LogP contribution is -2.35. The predicted molar refractivity (Wildman–Crippen MR) is 67.7 cm³/mol. The van der Waals surface area contributed by atoms with E-state index in [0.717, 1.165) is 36.2 Å². The normalized spacial score (nSPS) is 23.0. The Labute approximate surface area is 105 Å². The zero-order valence-electron chi connectivity index (χ0n) is 7.82. The van der Waals surface area contributed by atoms with E-state index in [9.17, 15) is 0 Å². The molecule has 1 spiro atoms. The maximum atomic E-state index is 6.03. The minimum Gasteiger partial charge on any atom is -0.488 e. The second-order valence-electron chi connectivity index (χ2n) is 3.80. The van der Waals surface area contributed by atoms with Gasteiger partial charge in [-0.15, -0.1) is 11.3 Å². The van der Waals surface area contributed by atoms with E-state index in [0.29, 0.717) is 4.34 Å². The van der Waals surface area contributed by atoms with Crippen LogP contribution in [0, 0.1) is 5.41 Å². The van der Waals surface area contributed by atoms with Crippen LogP contribution in [0.15, 0.2) is 5.38 Å². The van der Waals surface area contributed by atoms with E-state index in [-0.39, 0.29) is 5.41 Å². The van der Waals surface area contributed by atoms with E-state index in [4.69, 9.17) is 21.1 Å². The topological polar surface area (TPSA) is 18.5 Å². The molecule has 0 N–H and O–H groups in total. The summed E-state index contributed by atoms with van der Waals surface area (Å²) in [6.07, 6.45) is 0. The Morgan fingerprint density at radius 2 is 1.93 bits per heavy atom. The Hall–Kier alpha value is 0.290. The second-order valence-corrected chi connectivity index (χ2v) is 7.75. The van der Waals surface area contributed by atoms with E-state index in [1.807, 2.05) is 27.0 Å². The first-order valence-corrected chi connectivity index (χ1v) is 8.31. The number of fused-ring (bicyclic) bond motifs is 1. The zero-order valence-corrected chi connectivity index (χ0v) is 11.0. The molecule has 6 heteroatoms. The third-order valence-electron chi connectivity index (χ3n) is 2.54. The van der Waals surface area contributed by atoms with Crippen molar-refractivity contribution in [2.24, 2.45) is 5.41 Å². The van der Waals surface area contributed by atoms with Gasteiger partial charge in [0.25, 0.3) is 0 Å². The first-order chi connectivity index (χ1) is 7.29. The molecule has 0 aromatic carbocycles. The van der Waals surface area contributed by atoms with Gasteiger partial charge in [0.05, 0.1) is 18.6 Å². The predicted octanol–water partition coefficient (Wildman–Crippen LogP) is 3.55. The molecular weight excluding hydrogens is 272 g/mol. The molecule has 2 aliphatic heterocycles. The lowest BCUT2D eigenvalue weighted by Gasteiger charge is -2.23. The summed E-state index contributed by atoms with van der Waals surface area (Å²) >= 11 is 7.49. The van der Waals surface area contributed by atoms with Gasteiger partial charge in [0.2, 0.25) is 0 Å². The fraction of sp³-hybridized carbons (Fsp3) is 0.556. The quantitative estimate of drug-likeness (QED) is 0.676. The fourth-order valence-electron chi connectivity index (χ4n) is 1.58. The maximum Gasteiger partial charge on any atom is 0.190 e. The molecule has 2 aliphatic rings. The van der Waals surface area contributed by atoms with Crippen LogP contribution in [0.4, 0.5) is 0 Å². The number of rotatable bonds is 0. The van der Waals surface area contributed by atoms with Crippen molar-refractivity contribution in [3.63, 3.8) is 0 Å². The van der Waals surface area contributed by atoms with Crippen molar-refractivity contribution in [1.29, 1.82) is 0 Å². The average molecular weight is 281 g/mol. The van der Waals surface area contributed by atoms with Crippen molar-refractivity contribution in [2.45, 2.75) is 0 Å². The summed E-state index contributed by atoms with van der Waals surface area (Å²) in [6.45, 7) is 1.46. The van der Waals surface area contributed by atoms with Crippen molar-refractivity contribution < 1.29 is 9.47 Å². The molecule has 0 aliphatic carbocycles. The third kappa shape index (κ3) is 1.84. The van der Waals surface area contributed by atoms with Crippen LogP contribution < -0.4 is 9.47 Å². The Kier molecular flexibility index (Phi) is 2.75. The molecule has 1 fully saturated rings. The van der Waals surface area contributed by atoms with E-state index >= 15 is 0 Å². The van der Waals surface area contributed by atoms with Crippen LogP contribution in [0.25, 0.3) is 0 Å². The SMILES string of the molecule is Clc1scc2c1OCC1(CO2)CSSC1. The summed E-state index contributed by atoms with van der Waals surface area (Å²) in [5, 5.41) is 1.92. The van der Waals surface area contributed by atoms with Gasteiger partial charge in [-0.3, -0.25) is 0 Å². The minimum absolute atomic E-state index is 0.176. The molecule has 3 heterocycles. The van der Waals surface area contributed by atoms with Crippen molar-refractivity contribution >= 4 is 44.5 Å². The van der Waals surface area contributed by atoms with E-state index in [2.05, 4.69) is 0 Å². The highest BCUT2D eigenvalue weighted by molar-refractivity contribution is 8.77. The van der Waals surface area contributed by atoms with Gasteiger partial charge < -0.3 is 9.47 Å². The Bertz CT molecular complexity index is 373. The van der Waals surface area contributed by atoms with Crippen molar-refractivity contribution in [2.75, 3.05) is 24.7 Å². The molecule has 3 rings (SSSR count). The molecule has 82 valence electrons. The molecule has 0 bridgehead atoms. The summed E-state index contributed by atoms with van der Waals surface area (Å²) in [5.41, 5.74) is 0.176. The standard InChI is InChI=1S/C9H9ClO2S3/c10-8-7-6(1-13-8)11-2-9(3-12-7)4-14-15-5-9/h1H,2-5H2. The molecule has 0 atom stereocenters. The van der Waals surface area contributed by atoms with Gasteiger partial charge >= 0.3 is 0 Å². The highest BCUT2D eigenvalue weighted by Gasteiger charge is 2.40. The van der Waals surface area contributed by atoms with Crippen molar-refractivity contribution in [1.82, 2.24) is 0 Å². The number of halogens is 1. The van der Waals surface area contributed by atoms with Crippen molar-refractivity contribution in [3.05, 3.63) is 9.72 Å². The van der Waals surface area contributed by atoms with Crippen LogP contribution in [0.3, 0.4) is 0 Å². The summed E-state index contributed by atoms with van der Waals surface area (Å²) in [6, 6.07) is 0. The van der Waals surface area contributed by atoms with Crippen LogP contribution in [0.1, 0.15) is 0 Å². The van der Waals surface area contributed by atoms with Gasteiger partial charge in [0, 0.05) is 16.9 Å². The Balaban J connectivity index is 1.85. The summed E-state index contributed by atoms with van der Waals surface area (Å²) in [5.74, 6) is 3.75. The average Bonchev–Trinajstić information content (AvgIpc) is 2.76. The van der Waals surface area contributed by atoms with Gasteiger partial charge in [-0.2, -0.15) is 0 Å². The molecule has 0 unspecified atom stereocenters. The minimum atomic E-state index is 0.176. The molecule has 1 aromatic rings. The van der Waals surface area contributed by atoms with E-state index in [1.165, 1.54) is 11.3 Å². The lowest BCUT2D eigenvalue weighted by molar-refractivity contribution is 0.151. The second kappa shape index (κ2) is 3.95. The Morgan fingerprint density at radius 3 is 2.73 bits per heavy atom. The molecule has 1 aromatic heterocycles. The van der Waals surface area contributed by atoms with Crippen LogP contribution in [0.5, 0.6) is 11.5 Å². The molecule has 0 amide bonds. The molecular formula is C9H9ClO2S3. The highest BCUT2D eigenvalue weighted by atomic mass is 35.5. The van der Waals surface area contributed by atoms with Gasteiger partial charge in [-0.1, -0.05) is 33.2 Å². The maximum absolute atomic E-state index is 6.03. The molecule has 2 nitrogen and oxygen atoms in total. The Morgan fingerprint density at radius 1 is 1.20 bits per heavy atom. The van der Waals surface area contributed by atoms with Crippen LogP contribution in [0.2, 0.25) is 4.34 Å². The first kappa shape index (κ1) is 10.4. The van der Waals surface area contributed by atoms with Crippen LogP contribution in [-0.4, -0.2) is 24.7 Å². The van der Waals surface area contributed by atoms with E-state index < -0.39 is 0 Å². The molecule has 15 heavy (non-hydrogen) atoms. The zero-order chi connectivity index (χ0) is 10.3. The summed E-state index contributed by atoms with van der Waals surface area (Å²) < 4.78 is 12.3. The largest absolute Gasteiger partial charge is 0.488 e. The smallest absolute Gasteiger partial charge is 0.190 e. The third-order valence-corrected chi connectivity index (χ3v) is 6.54. The number of ether oxygens (including phenoxy) is 2. The molecule has 0 radical (unpaired) electrons. The van der Waals surface area contributed by atoms with Gasteiger partial charge in [-0.25, -0.2) is 0 Å². The first-order valence-electron chi connectivity index (χ1n) is 4.56. The monoisotopic (exact) mass is 280 g/mol. The van der Waals surface area contributed by atoms with Crippen LogP contribution in [-0.2, 0) is 0 Å². The fourth-order valence-corrected chi connectivity index (χ4v) is 5.84. The van der Waals surface area contributed by atoms with E-state index in [1.54, 1.807) is 0 Å². The molecule has 0 saturated carbocycles. The van der Waals surface area contributed by atoms with Crippen LogP contribution >= 0.6 is 44.5 Å².